The van der Waals surface area contributed by atoms with Gasteiger partial charge in [0.25, 0.3) is 5.91 Å². The third-order valence-corrected chi connectivity index (χ3v) is 1.50. The van der Waals surface area contributed by atoms with Gasteiger partial charge in [0.15, 0.2) is 5.04 Å². The Labute approximate surface area is 50.5 Å². The van der Waals surface area contributed by atoms with Gasteiger partial charge in [-0.25, -0.2) is 0 Å². The van der Waals surface area contributed by atoms with Crippen LogP contribution in [0.4, 0.5) is 0 Å². The van der Waals surface area contributed by atoms with Gasteiger partial charge in [0.1, 0.15) is 0 Å². The minimum absolute atomic E-state index is 0.366. The van der Waals surface area contributed by atoms with E-state index in [1.54, 1.807) is 0 Å². The van der Waals surface area contributed by atoms with Gasteiger partial charge in [-0.3, -0.25) is 10.2 Å². The molecule has 4 nitrogen and oxygen atoms in total. The predicted octanol–water partition coefficient (Wildman–Crippen LogP) is -0.921. The first kappa shape index (κ1) is 5.43. The average molecular weight is 131 g/mol. The Hall–Kier alpha value is -0.710. The van der Waals surface area contributed by atoms with Gasteiger partial charge in [0.2, 0.25) is 0 Å². The quantitative estimate of drug-likeness (QED) is 0.483. The average Bonchev–Trinajstić information content (AvgIpc) is 2.12. The molecule has 0 bridgehead atoms. The van der Waals surface area contributed by atoms with E-state index in [1.807, 2.05) is 0 Å². The van der Waals surface area contributed by atoms with Gasteiger partial charge >= 0.3 is 0 Å². The molecule has 0 saturated heterocycles. The van der Waals surface area contributed by atoms with Crippen LogP contribution in [0.2, 0.25) is 0 Å². The summed E-state index contributed by atoms with van der Waals surface area (Å²) in [6, 6.07) is 0. The number of rotatable bonds is 1. The lowest BCUT2D eigenvalue weighted by atomic mass is 10.7. The molecule has 0 saturated carbocycles. The van der Waals surface area contributed by atoms with E-state index in [0.717, 1.165) is 0 Å². The largest absolute Gasteiger partial charge is 0.364 e. The van der Waals surface area contributed by atoms with Crippen molar-refractivity contribution < 1.29 is 4.79 Å². The fourth-order valence-corrected chi connectivity index (χ4v) is 0.900. The molecule has 0 atom stereocenters. The fraction of sp³-hybridized carbons (Fsp3) is 0.333. The van der Waals surface area contributed by atoms with Crippen LogP contribution in [-0.4, -0.2) is 16.8 Å². The van der Waals surface area contributed by atoms with Crippen LogP contribution in [0.1, 0.15) is 0 Å². The number of amides is 1. The Morgan fingerprint density at radius 1 is 2.00 bits per heavy atom. The van der Waals surface area contributed by atoms with Crippen LogP contribution in [0.3, 0.4) is 0 Å². The number of hydrogen-bond donors (Lipinski definition) is 2. The highest BCUT2D eigenvalue weighted by Crippen LogP contribution is 2.05. The first-order valence-electron chi connectivity index (χ1n) is 2.04. The Bertz CT molecular complexity index is 143. The van der Waals surface area contributed by atoms with E-state index in [0.29, 0.717) is 10.9 Å². The third-order valence-electron chi connectivity index (χ3n) is 0.665. The maximum absolute atomic E-state index is 10.2. The summed E-state index contributed by atoms with van der Waals surface area (Å²) in [5, 5.41) is 3.96. The minimum atomic E-state index is -0.458. The Morgan fingerprint density at radius 3 is 3.00 bits per heavy atom. The molecule has 1 aliphatic heterocycles. The zero-order chi connectivity index (χ0) is 5.98. The summed E-state index contributed by atoms with van der Waals surface area (Å²) < 4.78 is 0. The molecule has 0 aromatic carbocycles. The van der Waals surface area contributed by atoms with Crippen molar-refractivity contribution in [3.63, 3.8) is 0 Å². The topological polar surface area (TPSA) is 67.5 Å². The van der Waals surface area contributed by atoms with Gasteiger partial charge in [-0.05, 0) is 0 Å². The molecule has 0 spiro atoms. The molecule has 0 aliphatic carbocycles. The highest BCUT2D eigenvalue weighted by molar-refractivity contribution is 8.15. The summed E-state index contributed by atoms with van der Waals surface area (Å²) >= 11 is 1.31. The summed E-state index contributed by atoms with van der Waals surface area (Å²) in [4.78, 5) is 10.2. The molecule has 0 fully saturated rings. The van der Waals surface area contributed by atoms with Crippen molar-refractivity contribution in [1.29, 1.82) is 0 Å². The summed E-state index contributed by atoms with van der Waals surface area (Å²) in [6.45, 7) is 0. The maximum Gasteiger partial charge on any atom is 0.275 e. The van der Waals surface area contributed by atoms with Crippen LogP contribution < -0.4 is 11.2 Å². The van der Waals surface area contributed by atoms with Crippen molar-refractivity contribution >= 4 is 22.7 Å². The third kappa shape index (κ3) is 0.919. The highest BCUT2D eigenvalue weighted by Gasteiger charge is 2.11. The van der Waals surface area contributed by atoms with Gasteiger partial charge in [0.05, 0.1) is 5.88 Å². The van der Waals surface area contributed by atoms with Crippen molar-refractivity contribution in [2.24, 2.45) is 10.8 Å². The first-order valence-corrected chi connectivity index (χ1v) is 3.02. The number of primary amides is 1. The molecule has 0 aromatic rings. The molecule has 0 aromatic heterocycles. The molecule has 0 unspecified atom stereocenters. The van der Waals surface area contributed by atoms with E-state index in [2.05, 4.69) is 10.5 Å². The van der Waals surface area contributed by atoms with E-state index in [4.69, 9.17) is 5.73 Å². The zero-order valence-corrected chi connectivity index (χ0v) is 4.86. The molecule has 8 heavy (non-hydrogen) atoms. The first-order chi connectivity index (χ1) is 3.80. The normalized spacial score (nSPS) is 17.2. The number of nitrogens with one attached hydrogen (secondary N) is 1. The number of carbonyl (C=O) groups excluding carboxylic acids is 1. The Morgan fingerprint density at radius 2 is 2.75 bits per heavy atom. The van der Waals surface area contributed by atoms with Crippen LogP contribution in [0.25, 0.3) is 0 Å². The van der Waals surface area contributed by atoms with Crippen LogP contribution in [0.5, 0.6) is 0 Å². The molecule has 1 heterocycles. The van der Waals surface area contributed by atoms with Crippen LogP contribution in [0.15, 0.2) is 5.10 Å². The van der Waals surface area contributed by atoms with Crippen molar-refractivity contribution in [3.8, 4) is 0 Å². The summed E-state index contributed by atoms with van der Waals surface area (Å²) in [7, 11) is 0. The van der Waals surface area contributed by atoms with E-state index >= 15 is 0 Å². The summed E-state index contributed by atoms with van der Waals surface area (Å²) in [5.41, 5.74) is 7.47. The van der Waals surface area contributed by atoms with E-state index in [1.165, 1.54) is 11.8 Å². The lowest BCUT2D eigenvalue weighted by Crippen LogP contribution is -2.18. The molecule has 0 radical (unpaired) electrons. The fourth-order valence-electron chi connectivity index (χ4n) is 0.363. The minimum Gasteiger partial charge on any atom is -0.364 e. The van der Waals surface area contributed by atoms with Gasteiger partial charge < -0.3 is 5.73 Å². The lowest BCUT2D eigenvalue weighted by Gasteiger charge is -1.83. The second-order valence-electron chi connectivity index (χ2n) is 1.23. The second kappa shape index (κ2) is 2.04. The SMILES string of the molecule is NC(=O)C1=NNCS1. The molecule has 44 valence electrons. The summed E-state index contributed by atoms with van der Waals surface area (Å²) in [6.07, 6.45) is 0. The number of nitrogens with two attached hydrogens (primary N) is 1. The Balaban J connectivity index is 2.57. The molecule has 1 amide bonds. The molecule has 5 heteroatoms. The van der Waals surface area contributed by atoms with Gasteiger partial charge in [0, 0.05) is 0 Å². The number of hydrogen-bond acceptors (Lipinski definition) is 4. The van der Waals surface area contributed by atoms with Crippen LogP contribution >= 0.6 is 11.8 Å². The van der Waals surface area contributed by atoms with E-state index < -0.39 is 5.91 Å². The molecular formula is C3H5N3OS. The van der Waals surface area contributed by atoms with Crippen LogP contribution in [-0.2, 0) is 4.79 Å². The maximum atomic E-state index is 10.2. The van der Waals surface area contributed by atoms with E-state index in [-0.39, 0.29) is 0 Å². The van der Waals surface area contributed by atoms with Crippen molar-refractivity contribution in [1.82, 2.24) is 5.43 Å². The lowest BCUT2D eigenvalue weighted by molar-refractivity contribution is -0.111. The molecular weight excluding hydrogens is 126 g/mol. The van der Waals surface area contributed by atoms with Gasteiger partial charge in [-0.2, -0.15) is 5.10 Å². The van der Waals surface area contributed by atoms with Crippen molar-refractivity contribution in [2.75, 3.05) is 5.88 Å². The summed E-state index contributed by atoms with van der Waals surface area (Å²) in [5.74, 6) is 0.193. The molecule has 3 N–H and O–H groups in total. The van der Waals surface area contributed by atoms with E-state index in [9.17, 15) is 4.79 Å². The van der Waals surface area contributed by atoms with Gasteiger partial charge in [-0.15, -0.1) is 0 Å². The second-order valence-corrected chi connectivity index (χ2v) is 2.19. The molecule has 1 aliphatic rings. The molecule has 1 rings (SSSR count). The standard InChI is InChI=1S/C3H5N3OS/c4-2(7)3-6-5-1-8-3/h5H,1H2,(H2,4,7). The monoisotopic (exact) mass is 131 g/mol. The smallest absolute Gasteiger partial charge is 0.275 e. The van der Waals surface area contributed by atoms with Gasteiger partial charge in [-0.1, -0.05) is 11.8 Å². The number of hydrazone groups is 1. The zero-order valence-electron chi connectivity index (χ0n) is 4.05. The van der Waals surface area contributed by atoms with Crippen molar-refractivity contribution in [2.45, 2.75) is 0 Å². The number of carbonyl (C=O) groups is 1. The Kier molecular flexibility index (Phi) is 1.38. The highest BCUT2D eigenvalue weighted by atomic mass is 32.2. The number of thioether (sulfide) groups is 1. The van der Waals surface area contributed by atoms with Crippen LogP contribution in [0, 0.1) is 0 Å². The number of nitrogens with zero attached hydrogens (tertiary/aromatic N) is 1. The van der Waals surface area contributed by atoms with Crippen molar-refractivity contribution in [3.05, 3.63) is 0 Å². The predicted molar refractivity (Wildman–Crippen MR) is 32.2 cm³/mol.